The van der Waals surface area contributed by atoms with Crippen molar-refractivity contribution in [3.05, 3.63) is 41.4 Å². The van der Waals surface area contributed by atoms with E-state index < -0.39 is 16.1 Å². The number of sulfonamides is 1. The molecule has 2 aromatic rings. The Labute approximate surface area is 145 Å². The number of piperidine rings is 1. The summed E-state index contributed by atoms with van der Waals surface area (Å²) in [6.07, 6.45) is 2.10. The minimum atomic E-state index is -3.69. The third-order valence-electron chi connectivity index (χ3n) is 3.96. The molecule has 1 saturated heterocycles. The Balaban J connectivity index is 1.84. The molecule has 1 aliphatic rings. The van der Waals surface area contributed by atoms with Gasteiger partial charge in [0.05, 0.1) is 10.6 Å². The number of nitrogens with zero attached hydrogens (tertiary/aromatic N) is 2. The van der Waals surface area contributed by atoms with Crippen LogP contribution in [-0.4, -0.2) is 36.2 Å². The van der Waals surface area contributed by atoms with E-state index in [2.05, 4.69) is 10.3 Å². The average Bonchev–Trinajstić information content (AvgIpc) is 3.00. The third-order valence-corrected chi connectivity index (χ3v) is 6.75. The molecule has 3 rings (SSSR count). The predicted octanol–water partition coefficient (Wildman–Crippen LogP) is 2.63. The Bertz CT molecular complexity index is 818. The maximum atomic E-state index is 12.9. The van der Waals surface area contributed by atoms with Gasteiger partial charge in [-0.15, -0.1) is 11.3 Å². The number of hydrogen-bond acceptors (Lipinski definition) is 5. The van der Waals surface area contributed by atoms with E-state index in [9.17, 15) is 13.2 Å². The molecule has 8 heteroatoms. The first-order valence-corrected chi connectivity index (χ1v) is 10.1. The molecule has 1 aromatic heterocycles. The molecular formula is C16H19N3O3S2. The molecule has 0 aliphatic carbocycles. The molecule has 6 nitrogen and oxygen atoms in total. The fourth-order valence-corrected chi connectivity index (χ4v) is 5.15. The zero-order chi connectivity index (χ0) is 17.2. The highest BCUT2D eigenvalue weighted by Crippen LogP contribution is 2.26. The summed E-state index contributed by atoms with van der Waals surface area (Å²) < 4.78 is 27.1. The fraction of sp³-hybridized carbons (Fsp3) is 0.375. The Morgan fingerprint density at radius 3 is 2.71 bits per heavy atom. The lowest BCUT2D eigenvalue weighted by Crippen LogP contribution is -2.49. The van der Waals surface area contributed by atoms with Crippen molar-refractivity contribution < 1.29 is 13.2 Å². The van der Waals surface area contributed by atoms with Crippen molar-refractivity contribution in [2.24, 2.45) is 0 Å². The van der Waals surface area contributed by atoms with Crippen molar-refractivity contribution in [1.82, 2.24) is 9.29 Å². The molecule has 0 bridgehead atoms. The summed E-state index contributed by atoms with van der Waals surface area (Å²) in [5.41, 5.74) is 0.827. The van der Waals surface area contributed by atoms with Crippen LogP contribution in [0.2, 0.25) is 0 Å². The lowest BCUT2D eigenvalue weighted by atomic mass is 10.0. The molecule has 1 fully saturated rings. The fourth-order valence-electron chi connectivity index (χ4n) is 2.78. The SMILES string of the molecule is Cc1csc(NC(=O)[C@@H]2CCCCN2S(=O)(=O)c2ccccc2)n1. The van der Waals surface area contributed by atoms with E-state index in [0.717, 1.165) is 18.5 Å². The molecule has 0 spiro atoms. The number of carbonyl (C=O) groups is 1. The van der Waals surface area contributed by atoms with E-state index in [1.165, 1.54) is 15.6 Å². The molecule has 1 aromatic carbocycles. The Morgan fingerprint density at radius 1 is 1.29 bits per heavy atom. The van der Waals surface area contributed by atoms with Crippen LogP contribution < -0.4 is 5.32 Å². The Morgan fingerprint density at radius 2 is 2.04 bits per heavy atom. The van der Waals surface area contributed by atoms with E-state index >= 15 is 0 Å². The number of aryl methyl sites for hydroxylation is 1. The van der Waals surface area contributed by atoms with Gasteiger partial charge in [0.15, 0.2) is 5.13 Å². The van der Waals surface area contributed by atoms with Gasteiger partial charge in [-0.1, -0.05) is 24.6 Å². The molecule has 1 aliphatic heterocycles. The molecule has 2 heterocycles. The van der Waals surface area contributed by atoms with Crippen LogP contribution in [0.3, 0.4) is 0 Å². The summed E-state index contributed by atoms with van der Waals surface area (Å²) in [6, 6.07) is 7.55. The third kappa shape index (κ3) is 3.50. The topological polar surface area (TPSA) is 79.4 Å². The van der Waals surface area contributed by atoms with E-state index in [0.29, 0.717) is 18.1 Å². The van der Waals surface area contributed by atoms with Gasteiger partial charge in [-0.3, -0.25) is 4.79 Å². The first-order chi connectivity index (χ1) is 11.5. The number of benzene rings is 1. The van der Waals surface area contributed by atoms with Gasteiger partial charge in [0.1, 0.15) is 6.04 Å². The second kappa shape index (κ2) is 7.00. The van der Waals surface area contributed by atoms with Crippen LogP contribution in [0, 0.1) is 6.92 Å². The van der Waals surface area contributed by atoms with Crippen LogP contribution in [-0.2, 0) is 14.8 Å². The van der Waals surface area contributed by atoms with Crippen LogP contribution in [0.5, 0.6) is 0 Å². The second-order valence-electron chi connectivity index (χ2n) is 5.72. The van der Waals surface area contributed by atoms with Gasteiger partial charge in [0, 0.05) is 11.9 Å². The second-order valence-corrected chi connectivity index (χ2v) is 8.47. The summed E-state index contributed by atoms with van der Waals surface area (Å²) in [4.78, 5) is 17.0. The molecule has 0 radical (unpaired) electrons. The largest absolute Gasteiger partial charge is 0.301 e. The molecule has 1 N–H and O–H groups in total. The number of hydrogen-bond donors (Lipinski definition) is 1. The molecule has 0 saturated carbocycles. The van der Waals surface area contributed by atoms with Crippen LogP contribution in [0.25, 0.3) is 0 Å². The maximum Gasteiger partial charge on any atom is 0.244 e. The van der Waals surface area contributed by atoms with Gasteiger partial charge in [-0.05, 0) is 31.9 Å². The number of amides is 1. The number of anilines is 1. The summed E-state index contributed by atoms with van der Waals surface area (Å²) in [5.74, 6) is -0.316. The van der Waals surface area contributed by atoms with Gasteiger partial charge < -0.3 is 5.32 Å². The summed E-state index contributed by atoms with van der Waals surface area (Å²) in [5, 5.41) is 5.09. The van der Waals surface area contributed by atoms with Crippen molar-refractivity contribution in [2.45, 2.75) is 37.1 Å². The van der Waals surface area contributed by atoms with Crippen LogP contribution in [0.4, 0.5) is 5.13 Å². The quantitative estimate of drug-likeness (QED) is 0.903. The first-order valence-electron chi connectivity index (χ1n) is 7.78. The average molecular weight is 365 g/mol. The van der Waals surface area contributed by atoms with Crippen molar-refractivity contribution in [2.75, 3.05) is 11.9 Å². The highest BCUT2D eigenvalue weighted by Gasteiger charge is 2.37. The number of rotatable bonds is 4. The maximum absolute atomic E-state index is 12.9. The number of carbonyl (C=O) groups excluding carboxylic acids is 1. The van der Waals surface area contributed by atoms with Crippen LogP contribution in [0.1, 0.15) is 25.0 Å². The van der Waals surface area contributed by atoms with Gasteiger partial charge in [-0.25, -0.2) is 13.4 Å². The van der Waals surface area contributed by atoms with Gasteiger partial charge in [0.25, 0.3) is 0 Å². The molecule has 0 unspecified atom stereocenters. The van der Waals surface area contributed by atoms with E-state index in [1.807, 2.05) is 12.3 Å². The minimum Gasteiger partial charge on any atom is -0.301 e. The highest BCUT2D eigenvalue weighted by molar-refractivity contribution is 7.89. The van der Waals surface area contributed by atoms with Crippen molar-refractivity contribution in [1.29, 1.82) is 0 Å². The molecular weight excluding hydrogens is 346 g/mol. The monoisotopic (exact) mass is 365 g/mol. The normalized spacial score (nSPS) is 19.1. The molecule has 1 atom stereocenters. The Hall–Kier alpha value is -1.77. The minimum absolute atomic E-state index is 0.217. The zero-order valence-corrected chi connectivity index (χ0v) is 14.9. The lowest BCUT2D eigenvalue weighted by Gasteiger charge is -2.33. The standard InChI is InChI=1S/C16H19N3O3S2/c1-12-11-23-16(17-12)18-15(20)14-9-5-6-10-19(14)24(21,22)13-7-3-2-4-8-13/h2-4,7-8,11,14H,5-6,9-10H2,1H3,(H,17,18,20)/t14-/m0/s1. The Kier molecular flexibility index (Phi) is 4.98. The van der Waals surface area contributed by atoms with E-state index in [1.54, 1.807) is 30.3 Å². The van der Waals surface area contributed by atoms with Gasteiger partial charge >= 0.3 is 0 Å². The lowest BCUT2D eigenvalue weighted by molar-refractivity contribution is -0.120. The molecule has 24 heavy (non-hydrogen) atoms. The summed E-state index contributed by atoms with van der Waals surface area (Å²) in [7, 11) is -3.69. The summed E-state index contributed by atoms with van der Waals surface area (Å²) >= 11 is 1.34. The highest BCUT2D eigenvalue weighted by atomic mass is 32.2. The number of aromatic nitrogens is 1. The number of thiazole rings is 1. The van der Waals surface area contributed by atoms with Crippen LogP contribution in [0.15, 0.2) is 40.6 Å². The van der Waals surface area contributed by atoms with Crippen molar-refractivity contribution in [3.8, 4) is 0 Å². The van der Waals surface area contributed by atoms with E-state index in [4.69, 9.17) is 0 Å². The number of nitrogens with one attached hydrogen (secondary N) is 1. The summed E-state index contributed by atoms with van der Waals surface area (Å²) in [6.45, 7) is 2.20. The predicted molar refractivity (Wildman–Crippen MR) is 93.5 cm³/mol. The molecule has 1 amide bonds. The first kappa shape index (κ1) is 17.1. The zero-order valence-electron chi connectivity index (χ0n) is 13.3. The smallest absolute Gasteiger partial charge is 0.244 e. The van der Waals surface area contributed by atoms with E-state index in [-0.39, 0.29) is 10.8 Å². The van der Waals surface area contributed by atoms with Gasteiger partial charge in [-0.2, -0.15) is 4.31 Å². The van der Waals surface area contributed by atoms with Crippen molar-refractivity contribution >= 4 is 32.4 Å². The van der Waals surface area contributed by atoms with Gasteiger partial charge in [0.2, 0.25) is 15.9 Å². The molecule has 128 valence electrons. The van der Waals surface area contributed by atoms with Crippen molar-refractivity contribution in [3.63, 3.8) is 0 Å². The van der Waals surface area contributed by atoms with Crippen LogP contribution >= 0.6 is 11.3 Å².